The van der Waals surface area contributed by atoms with E-state index in [0.717, 1.165) is 9.13 Å². The second-order valence-electron chi connectivity index (χ2n) is 6.00. The van der Waals surface area contributed by atoms with Crippen LogP contribution in [0, 0.1) is 3.57 Å². The highest BCUT2D eigenvalue weighted by atomic mass is 127. The van der Waals surface area contributed by atoms with Crippen molar-refractivity contribution in [3.63, 3.8) is 0 Å². The predicted molar refractivity (Wildman–Crippen MR) is 105 cm³/mol. The van der Waals surface area contributed by atoms with E-state index in [1.54, 1.807) is 22.8 Å². The third-order valence-electron chi connectivity index (χ3n) is 4.10. The SMILES string of the molecule is CC(C)c1ccc2c(=O)c3ccc(I)c(Cl)c3n(CC(=O)O)c2c1. The van der Waals surface area contributed by atoms with Crippen molar-refractivity contribution in [3.8, 4) is 0 Å². The Bertz CT molecular complexity index is 1040. The second kappa shape index (κ2) is 6.37. The van der Waals surface area contributed by atoms with Crippen LogP contribution in [0.5, 0.6) is 0 Å². The van der Waals surface area contributed by atoms with Crippen LogP contribution >= 0.6 is 34.2 Å². The fourth-order valence-electron chi connectivity index (χ4n) is 2.88. The Hall–Kier alpha value is -1.60. The summed E-state index contributed by atoms with van der Waals surface area (Å²) in [7, 11) is 0. The Balaban J connectivity index is 2.58. The molecule has 0 aliphatic heterocycles. The van der Waals surface area contributed by atoms with Crippen LogP contribution in [0.1, 0.15) is 25.3 Å². The lowest BCUT2D eigenvalue weighted by molar-refractivity contribution is -0.137. The van der Waals surface area contributed by atoms with Gasteiger partial charge in [0.2, 0.25) is 0 Å². The lowest BCUT2D eigenvalue weighted by atomic mass is 10.00. The van der Waals surface area contributed by atoms with Crippen LogP contribution in [0.4, 0.5) is 0 Å². The Labute approximate surface area is 157 Å². The number of nitrogens with zero attached hydrogens (tertiary/aromatic N) is 1. The Morgan fingerprint density at radius 3 is 2.54 bits per heavy atom. The van der Waals surface area contributed by atoms with E-state index < -0.39 is 5.97 Å². The van der Waals surface area contributed by atoms with Gasteiger partial charge in [-0.25, -0.2) is 0 Å². The van der Waals surface area contributed by atoms with E-state index in [-0.39, 0.29) is 17.9 Å². The molecule has 0 aliphatic rings. The third kappa shape index (κ3) is 2.80. The number of benzene rings is 2. The van der Waals surface area contributed by atoms with Gasteiger partial charge in [0.1, 0.15) is 6.54 Å². The van der Waals surface area contributed by atoms with Gasteiger partial charge in [-0.2, -0.15) is 0 Å². The molecule has 0 fully saturated rings. The summed E-state index contributed by atoms with van der Waals surface area (Å²) in [6.07, 6.45) is 0. The molecule has 124 valence electrons. The van der Waals surface area contributed by atoms with E-state index in [9.17, 15) is 14.7 Å². The Morgan fingerprint density at radius 2 is 1.92 bits per heavy atom. The lowest BCUT2D eigenvalue weighted by Gasteiger charge is -2.17. The number of hydrogen-bond acceptors (Lipinski definition) is 2. The van der Waals surface area contributed by atoms with Crippen LogP contribution in [-0.4, -0.2) is 15.6 Å². The molecular weight excluding hydrogens is 441 g/mol. The maximum absolute atomic E-state index is 12.8. The smallest absolute Gasteiger partial charge is 0.323 e. The second-order valence-corrected chi connectivity index (χ2v) is 7.54. The zero-order valence-corrected chi connectivity index (χ0v) is 16.1. The summed E-state index contributed by atoms with van der Waals surface area (Å²) in [5.74, 6) is -0.712. The number of carboxylic acids is 1. The fraction of sp³-hybridized carbons (Fsp3) is 0.222. The summed E-state index contributed by atoms with van der Waals surface area (Å²) >= 11 is 8.51. The molecule has 0 unspecified atom stereocenters. The Morgan fingerprint density at radius 1 is 1.25 bits per heavy atom. The zero-order chi connectivity index (χ0) is 17.6. The van der Waals surface area contributed by atoms with Crippen LogP contribution in [0.3, 0.4) is 0 Å². The van der Waals surface area contributed by atoms with E-state index in [4.69, 9.17) is 11.6 Å². The normalized spacial score (nSPS) is 11.5. The molecule has 24 heavy (non-hydrogen) atoms. The van der Waals surface area contributed by atoms with E-state index >= 15 is 0 Å². The maximum Gasteiger partial charge on any atom is 0.323 e. The number of rotatable bonds is 3. The highest BCUT2D eigenvalue weighted by Crippen LogP contribution is 2.30. The first kappa shape index (κ1) is 17.2. The predicted octanol–water partition coefficient (Wildman–Crippen LogP) is 4.62. The average molecular weight is 456 g/mol. The van der Waals surface area contributed by atoms with Gasteiger partial charge in [-0.3, -0.25) is 9.59 Å². The molecule has 0 saturated carbocycles. The number of hydrogen-bond donors (Lipinski definition) is 1. The summed E-state index contributed by atoms with van der Waals surface area (Å²) < 4.78 is 2.41. The van der Waals surface area contributed by atoms with E-state index in [1.807, 2.05) is 12.1 Å². The standard InChI is InChI=1S/C18H15ClINO3/c1-9(2)10-3-4-11-14(7-10)21(8-15(22)23)17-12(18(11)24)5-6-13(20)16(17)19/h3-7,9H,8H2,1-2H3,(H,22,23). The molecule has 3 aromatic rings. The van der Waals surface area contributed by atoms with Crippen LogP contribution in [-0.2, 0) is 11.3 Å². The van der Waals surface area contributed by atoms with Gasteiger partial charge in [0, 0.05) is 14.3 Å². The minimum Gasteiger partial charge on any atom is -0.480 e. The van der Waals surface area contributed by atoms with E-state index in [2.05, 4.69) is 36.4 Å². The number of aromatic nitrogens is 1. The molecule has 2 aromatic carbocycles. The van der Waals surface area contributed by atoms with Gasteiger partial charge in [0.15, 0.2) is 5.43 Å². The molecule has 4 nitrogen and oxygen atoms in total. The van der Waals surface area contributed by atoms with Gasteiger partial charge in [0.05, 0.1) is 16.1 Å². The highest BCUT2D eigenvalue weighted by molar-refractivity contribution is 14.1. The maximum atomic E-state index is 12.8. The monoisotopic (exact) mass is 455 g/mol. The van der Waals surface area contributed by atoms with Crippen molar-refractivity contribution in [1.82, 2.24) is 4.57 Å². The molecule has 0 saturated heterocycles. The lowest BCUT2D eigenvalue weighted by Crippen LogP contribution is -2.17. The summed E-state index contributed by atoms with van der Waals surface area (Å²) in [5.41, 5.74) is 1.99. The molecule has 1 heterocycles. The minimum absolute atomic E-state index is 0.129. The minimum atomic E-state index is -0.980. The number of halogens is 2. The fourth-order valence-corrected chi connectivity index (χ4v) is 3.58. The molecule has 0 amide bonds. The summed E-state index contributed by atoms with van der Waals surface area (Å²) in [5, 5.41) is 10.7. The summed E-state index contributed by atoms with van der Waals surface area (Å²) in [4.78, 5) is 24.3. The van der Waals surface area contributed by atoms with Crippen LogP contribution in [0.15, 0.2) is 35.1 Å². The first-order valence-corrected chi connectivity index (χ1v) is 8.93. The van der Waals surface area contributed by atoms with Gasteiger partial charge in [0.25, 0.3) is 0 Å². The molecule has 0 bridgehead atoms. The van der Waals surface area contributed by atoms with Gasteiger partial charge >= 0.3 is 5.97 Å². The topological polar surface area (TPSA) is 59.3 Å². The van der Waals surface area contributed by atoms with Gasteiger partial charge in [-0.05, 0) is 58.3 Å². The molecule has 1 aromatic heterocycles. The first-order chi connectivity index (χ1) is 11.3. The van der Waals surface area contributed by atoms with Crippen molar-refractivity contribution in [3.05, 3.63) is 54.7 Å². The number of aliphatic carboxylic acids is 1. The van der Waals surface area contributed by atoms with E-state index in [0.29, 0.717) is 26.8 Å². The molecule has 0 atom stereocenters. The first-order valence-electron chi connectivity index (χ1n) is 7.47. The zero-order valence-electron chi connectivity index (χ0n) is 13.1. The van der Waals surface area contributed by atoms with Crippen molar-refractivity contribution in [2.45, 2.75) is 26.3 Å². The largest absolute Gasteiger partial charge is 0.480 e. The number of pyridine rings is 1. The van der Waals surface area contributed by atoms with Gasteiger partial charge in [-0.15, -0.1) is 0 Å². The van der Waals surface area contributed by atoms with Gasteiger partial charge < -0.3 is 9.67 Å². The molecular formula is C18H15ClINO3. The highest BCUT2D eigenvalue weighted by Gasteiger charge is 2.17. The van der Waals surface area contributed by atoms with Crippen LogP contribution < -0.4 is 5.43 Å². The van der Waals surface area contributed by atoms with Gasteiger partial charge in [-0.1, -0.05) is 31.5 Å². The molecule has 0 spiro atoms. The molecule has 0 radical (unpaired) electrons. The summed E-state index contributed by atoms with van der Waals surface area (Å²) in [6, 6.07) is 9.06. The molecule has 0 aliphatic carbocycles. The average Bonchev–Trinajstić information content (AvgIpc) is 2.53. The van der Waals surface area contributed by atoms with Crippen molar-refractivity contribution in [1.29, 1.82) is 0 Å². The number of carboxylic acid groups (broad SMARTS) is 1. The Kier molecular flexibility index (Phi) is 4.57. The van der Waals surface area contributed by atoms with Crippen LogP contribution in [0.2, 0.25) is 5.02 Å². The van der Waals surface area contributed by atoms with Crippen molar-refractivity contribution < 1.29 is 9.90 Å². The number of fused-ring (bicyclic) bond motifs is 2. The van der Waals surface area contributed by atoms with Crippen LogP contribution in [0.25, 0.3) is 21.8 Å². The third-order valence-corrected chi connectivity index (χ3v) is 5.70. The quantitative estimate of drug-likeness (QED) is 0.463. The molecule has 3 rings (SSSR count). The van der Waals surface area contributed by atoms with E-state index in [1.165, 1.54) is 0 Å². The number of carbonyl (C=O) groups is 1. The van der Waals surface area contributed by atoms with Crippen molar-refractivity contribution >= 4 is 62.0 Å². The van der Waals surface area contributed by atoms with Crippen molar-refractivity contribution in [2.24, 2.45) is 0 Å². The molecule has 1 N–H and O–H groups in total. The summed E-state index contributed by atoms with van der Waals surface area (Å²) in [6.45, 7) is 3.85. The van der Waals surface area contributed by atoms with Crippen molar-refractivity contribution in [2.75, 3.05) is 0 Å². The molecule has 6 heteroatoms.